The average molecular weight is 453 g/mol. The summed E-state index contributed by atoms with van der Waals surface area (Å²) in [5.74, 6) is -0.300. The molecule has 0 spiro atoms. The minimum absolute atomic E-state index is 0.000764. The van der Waals surface area contributed by atoms with Gasteiger partial charge in [0.25, 0.3) is 5.91 Å². The zero-order chi connectivity index (χ0) is 24.1. The summed E-state index contributed by atoms with van der Waals surface area (Å²) in [4.78, 5) is 41.1. The van der Waals surface area contributed by atoms with Gasteiger partial charge in [-0.1, -0.05) is 37.0 Å². The van der Waals surface area contributed by atoms with Gasteiger partial charge in [0.2, 0.25) is 0 Å². The van der Waals surface area contributed by atoms with Gasteiger partial charge in [-0.25, -0.2) is 4.79 Å². The third-order valence-electron chi connectivity index (χ3n) is 6.86. The molecule has 0 atom stereocenters. The molecule has 1 aliphatic carbocycles. The molecule has 178 valence electrons. The number of esters is 1. The van der Waals surface area contributed by atoms with Gasteiger partial charge >= 0.3 is 5.97 Å². The summed E-state index contributed by atoms with van der Waals surface area (Å²) in [6, 6.07) is 7.50. The number of ether oxygens (including phenoxy) is 1. The molecule has 33 heavy (non-hydrogen) atoms. The molecule has 6 heteroatoms. The normalized spacial score (nSPS) is 14.2. The van der Waals surface area contributed by atoms with Crippen LogP contribution in [0.15, 0.2) is 24.3 Å². The number of nitrogens with zero attached hydrogens (tertiary/aromatic N) is 2. The fourth-order valence-corrected chi connectivity index (χ4v) is 5.09. The molecule has 1 aromatic carbocycles. The van der Waals surface area contributed by atoms with E-state index in [4.69, 9.17) is 4.74 Å². The molecule has 1 aliphatic rings. The van der Waals surface area contributed by atoms with Crippen molar-refractivity contribution in [2.24, 2.45) is 5.92 Å². The fourth-order valence-electron chi connectivity index (χ4n) is 5.09. The number of benzene rings is 1. The maximum absolute atomic E-state index is 13.6. The summed E-state index contributed by atoms with van der Waals surface area (Å²) in [6.45, 7) is 8.69. The van der Waals surface area contributed by atoms with Crippen LogP contribution in [0, 0.1) is 26.7 Å². The predicted octanol–water partition coefficient (Wildman–Crippen LogP) is 5.13. The Morgan fingerprint density at radius 1 is 1.03 bits per heavy atom. The second-order valence-corrected chi connectivity index (χ2v) is 9.15. The predicted molar refractivity (Wildman–Crippen MR) is 129 cm³/mol. The molecule has 3 rings (SSSR count). The number of aromatic nitrogens is 1. The molecule has 0 unspecified atom stereocenters. The average Bonchev–Trinajstić information content (AvgIpc) is 3.08. The van der Waals surface area contributed by atoms with E-state index in [0.29, 0.717) is 41.4 Å². The number of rotatable bonds is 8. The molecule has 1 fully saturated rings. The van der Waals surface area contributed by atoms with Crippen molar-refractivity contribution in [3.8, 4) is 0 Å². The Morgan fingerprint density at radius 2 is 1.67 bits per heavy atom. The van der Waals surface area contributed by atoms with Crippen LogP contribution in [0.25, 0.3) is 0 Å². The van der Waals surface area contributed by atoms with E-state index in [1.807, 2.05) is 49.6 Å². The van der Waals surface area contributed by atoms with Crippen molar-refractivity contribution in [2.45, 2.75) is 66.3 Å². The van der Waals surface area contributed by atoms with Crippen LogP contribution in [-0.4, -0.2) is 47.3 Å². The van der Waals surface area contributed by atoms with Gasteiger partial charge in [-0.2, -0.15) is 0 Å². The largest absolute Gasteiger partial charge is 0.464 e. The molecular weight excluding hydrogens is 416 g/mol. The molecule has 6 nitrogen and oxygen atoms in total. The number of carbonyl (C=O) groups excluding carboxylic acids is 3. The highest BCUT2D eigenvalue weighted by atomic mass is 16.5. The van der Waals surface area contributed by atoms with Crippen molar-refractivity contribution >= 4 is 17.7 Å². The lowest BCUT2D eigenvalue weighted by Crippen LogP contribution is -2.40. The highest BCUT2D eigenvalue weighted by molar-refractivity contribution is 6.06. The Hall–Kier alpha value is -2.89. The van der Waals surface area contributed by atoms with E-state index >= 15 is 0 Å². The highest BCUT2D eigenvalue weighted by Crippen LogP contribution is 2.27. The first-order valence-electron chi connectivity index (χ1n) is 12.0. The maximum atomic E-state index is 13.6. The smallest absolute Gasteiger partial charge is 0.354 e. The van der Waals surface area contributed by atoms with E-state index in [0.717, 1.165) is 24.1 Å². The fraction of sp³-hybridized carbons (Fsp3) is 0.519. The van der Waals surface area contributed by atoms with Crippen molar-refractivity contribution in [2.75, 3.05) is 20.2 Å². The number of aryl methyl sites for hydroxylation is 1. The van der Waals surface area contributed by atoms with Crippen molar-refractivity contribution in [1.82, 2.24) is 9.47 Å². The minimum atomic E-state index is -0.453. The van der Waals surface area contributed by atoms with E-state index in [1.54, 1.807) is 11.8 Å². The number of methoxy groups -OCH3 is 1. The Morgan fingerprint density at radius 3 is 2.24 bits per heavy atom. The molecule has 1 saturated carbocycles. The topological polar surface area (TPSA) is 68.6 Å². The van der Waals surface area contributed by atoms with Gasteiger partial charge in [0.05, 0.1) is 13.7 Å². The molecule has 0 N–H and O–H groups in total. The van der Waals surface area contributed by atoms with Crippen LogP contribution in [0.1, 0.15) is 87.1 Å². The van der Waals surface area contributed by atoms with Gasteiger partial charge in [0.1, 0.15) is 5.69 Å². The zero-order valence-electron chi connectivity index (χ0n) is 20.6. The lowest BCUT2D eigenvalue weighted by Gasteiger charge is -2.29. The van der Waals surface area contributed by atoms with E-state index in [-0.39, 0.29) is 18.2 Å². The van der Waals surface area contributed by atoms with Gasteiger partial charge in [0.15, 0.2) is 5.78 Å². The summed E-state index contributed by atoms with van der Waals surface area (Å²) < 4.78 is 6.78. The first-order valence-corrected chi connectivity index (χ1v) is 12.0. The van der Waals surface area contributed by atoms with E-state index in [9.17, 15) is 14.4 Å². The molecule has 1 amide bonds. The Balaban J connectivity index is 1.92. The van der Waals surface area contributed by atoms with Gasteiger partial charge in [-0.3, -0.25) is 9.59 Å². The van der Waals surface area contributed by atoms with Crippen LogP contribution in [0.4, 0.5) is 0 Å². The van der Waals surface area contributed by atoms with Gasteiger partial charge < -0.3 is 14.2 Å². The molecule has 0 saturated heterocycles. The van der Waals surface area contributed by atoms with Crippen molar-refractivity contribution in [1.29, 1.82) is 0 Å². The number of amides is 1. The van der Waals surface area contributed by atoms with Crippen LogP contribution >= 0.6 is 0 Å². The van der Waals surface area contributed by atoms with Crippen LogP contribution in [0.3, 0.4) is 0 Å². The summed E-state index contributed by atoms with van der Waals surface area (Å²) in [6.07, 6.45) is 5.75. The highest BCUT2D eigenvalue weighted by Gasteiger charge is 2.29. The molecular formula is C27H36N2O4. The van der Waals surface area contributed by atoms with Crippen LogP contribution in [0.2, 0.25) is 0 Å². The number of carbonyl (C=O) groups is 3. The summed E-state index contributed by atoms with van der Waals surface area (Å²) in [5, 5.41) is 0. The lowest BCUT2D eigenvalue weighted by atomic mass is 9.88. The van der Waals surface area contributed by atoms with Gasteiger partial charge in [-0.15, -0.1) is 0 Å². The SMILES string of the molecule is CCn1c(C)c(C(=O)CN(CC2CCCCC2)C(=O)c2ccc(C)cc2)c(C)c1C(=O)OC. The number of hydrogen-bond acceptors (Lipinski definition) is 4. The molecule has 2 aromatic rings. The molecule has 1 heterocycles. The molecule has 0 bridgehead atoms. The first kappa shape index (κ1) is 24.7. The Kier molecular flexibility index (Phi) is 8.11. The monoisotopic (exact) mass is 452 g/mol. The summed E-state index contributed by atoms with van der Waals surface area (Å²) in [5.41, 5.74) is 3.96. The van der Waals surface area contributed by atoms with Gasteiger partial charge in [-0.05, 0) is 64.2 Å². The quantitative estimate of drug-likeness (QED) is 0.412. The Bertz CT molecular complexity index is 1010. The van der Waals surface area contributed by atoms with Crippen molar-refractivity contribution < 1.29 is 19.1 Å². The number of ketones is 1. The molecule has 0 radical (unpaired) electrons. The third kappa shape index (κ3) is 5.37. The van der Waals surface area contributed by atoms with E-state index in [2.05, 4.69) is 0 Å². The minimum Gasteiger partial charge on any atom is -0.464 e. The van der Waals surface area contributed by atoms with Crippen LogP contribution in [-0.2, 0) is 11.3 Å². The summed E-state index contributed by atoms with van der Waals surface area (Å²) in [7, 11) is 1.34. The second kappa shape index (κ2) is 10.8. The van der Waals surface area contributed by atoms with E-state index in [1.165, 1.54) is 26.4 Å². The lowest BCUT2D eigenvalue weighted by molar-refractivity contribution is 0.0587. The van der Waals surface area contributed by atoms with Crippen molar-refractivity contribution in [3.63, 3.8) is 0 Å². The third-order valence-corrected chi connectivity index (χ3v) is 6.86. The van der Waals surface area contributed by atoms with Crippen LogP contribution < -0.4 is 0 Å². The molecule has 0 aliphatic heterocycles. The van der Waals surface area contributed by atoms with Crippen molar-refractivity contribution in [3.05, 3.63) is 57.9 Å². The Labute approximate surface area is 196 Å². The van der Waals surface area contributed by atoms with Crippen LogP contribution in [0.5, 0.6) is 0 Å². The zero-order valence-corrected chi connectivity index (χ0v) is 20.6. The number of Topliss-reactive ketones (excluding diaryl/α,β-unsaturated/α-hetero) is 1. The standard InChI is InChI=1S/C27H36N2O4/c1-6-29-20(4)24(19(3)25(29)27(32)33-5)23(30)17-28(16-21-10-8-7-9-11-21)26(31)22-14-12-18(2)13-15-22/h12-15,21H,6-11,16-17H2,1-5H3. The van der Waals surface area contributed by atoms with E-state index < -0.39 is 5.97 Å². The van der Waals surface area contributed by atoms with Gasteiger partial charge in [0, 0.05) is 29.9 Å². The summed E-state index contributed by atoms with van der Waals surface area (Å²) >= 11 is 0. The molecule has 1 aromatic heterocycles. The second-order valence-electron chi connectivity index (χ2n) is 9.15. The maximum Gasteiger partial charge on any atom is 0.354 e. The first-order chi connectivity index (χ1) is 15.8. The number of hydrogen-bond donors (Lipinski definition) is 0.